The number of hydrogen-bond donors (Lipinski definition) is 2. The van der Waals surface area contributed by atoms with Crippen molar-refractivity contribution >= 4 is 33.9 Å². The highest BCUT2D eigenvalue weighted by Gasteiger charge is 2.22. The quantitative estimate of drug-likeness (QED) is 0.563. The summed E-state index contributed by atoms with van der Waals surface area (Å²) < 4.78 is 11.3. The van der Waals surface area contributed by atoms with Crippen LogP contribution in [0.5, 0.6) is 5.75 Å². The number of benzene rings is 2. The van der Waals surface area contributed by atoms with Crippen molar-refractivity contribution in [2.45, 2.75) is 32.4 Å². The summed E-state index contributed by atoms with van der Waals surface area (Å²) in [4.78, 5) is 17.9. The summed E-state index contributed by atoms with van der Waals surface area (Å²) in [6, 6.07) is 15.6. The van der Waals surface area contributed by atoms with Gasteiger partial charge in [0.2, 0.25) is 0 Å². The number of aromatic amines is 1. The van der Waals surface area contributed by atoms with Crippen molar-refractivity contribution in [1.82, 2.24) is 9.88 Å². The van der Waals surface area contributed by atoms with E-state index in [2.05, 4.69) is 10.3 Å². The van der Waals surface area contributed by atoms with Gasteiger partial charge in [0.25, 0.3) is 5.56 Å². The molecule has 7 heteroatoms. The first-order valence-electron chi connectivity index (χ1n) is 10.5. The van der Waals surface area contributed by atoms with Crippen LogP contribution in [0.3, 0.4) is 0 Å². The molecular formula is C24H27N3O3S. The molecule has 3 aromatic rings. The molecule has 6 nitrogen and oxygen atoms in total. The summed E-state index contributed by atoms with van der Waals surface area (Å²) >= 11 is 5.75. The third-order valence-corrected chi connectivity index (χ3v) is 5.97. The van der Waals surface area contributed by atoms with Crippen molar-refractivity contribution in [2.75, 3.05) is 25.6 Å². The number of anilines is 1. The predicted octanol–water partition coefficient (Wildman–Crippen LogP) is 4.22. The van der Waals surface area contributed by atoms with Gasteiger partial charge in [0.1, 0.15) is 5.75 Å². The zero-order valence-electron chi connectivity index (χ0n) is 17.8. The molecule has 0 spiro atoms. The second-order valence-corrected chi connectivity index (χ2v) is 8.20. The van der Waals surface area contributed by atoms with Gasteiger partial charge in [-0.25, -0.2) is 0 Å². The molecule has 2 heterocycles. The highest BCUT2D eigenvalue weighted by molar-refractivity contribution is 7.80. The number of nitrogens with one attached hydrogen (secondary N) is 2. The first kappa shape index (κ1) is 21.3. The first-order valence-corrected chi connectivity index (χ1v) is 10.9. The number of fused-ring (bicyclic) bond motifs is 1. The largest absolute Gasteiger partial charge is 0.495 e. The molecule has 1 fully saturated rings. The van der Waals surface area contributed by atoms with Crippen LogP contribution in [-0.2, 0) is 11.3 Å². The highest BCUT2D eigenvalue weighted by atomic mass is 32.1. The van der Waals surface area contributed by atoms with Crippen LogP contribution in [-0.4, -0.2) is 41.4 Å². The third-order valence-electron chi connectivity index (χ3n) is 5.61. The Labute approximate surface area is 187 Å². The van der Waals surface area contributed by atoms with E-state index in [1.807, 2.05) is 60.4 Å². The van der Waals surface area contributed by atoms with E-state index < -0.39 is 0 Å². The van der Waals surface area contributed by atoms with Gasteiger partial charge < -0.3 is 24.7 Å². The number of thiocarbonyl (C=S) groups is 1. The van der Waals surface area contributed by atoms with Gasteiger partial charge in [-0.2, -0.15) is 0 Å². The van der Waals surface area contributed by atoms with Gasteiger partial charge in [-0.3, -0.25) is 4.79 Å². The molecule has 2 aromatic carbocycles. The van der Waals surface area contributed by atoms with Crippen LogP contribution < -0.4 is 15.6 Å². The van der Waals surface area contributed by atoms with Crippen LogP contribution >= 0.6 is 12.2 Å². The van der Waals surface area contributed by atoms with Gasteiger partial charge in [0, 0.05) is 18.7 Å². The molecule has 1 saturated heterocycles. The number of ether oxygens (including phenoxy) is 2. The minimum atomic E-state index is -0.0979. The van der Waals surface area contributed by atoms with Gasteiger partial charge in [0.15, 0.2) is 5.11 Å². The van der Waals surface area contributed by atoms with E-state index in [1.165, 1.54) is 0 Å². The Bertz CT molecular complexity index is 1140. The fourth-order valence-electron chi connectivity index (χ4n) is 3.95. The molecule has 31 heavy (non-hydrogen) atoms. The molecule has 0 amide bonds. The number of pyridine rings is 1. The summed E-state index contributed by atoms with van der Waals surface area (Å²) in [5.74, 6) is 0.709. The van der Waals surface area contributed by atoms with Gasteiger partial charge in [-0.05, 0) is 61.1 Å². The molecule has 1 aromatic heterocycles. The normalized spacial score (nSPS) is 15.7. The number of aromatic nitrogens is 1. The van der Waals surface area contributed by atoms with Crippen molar-refractivity contribution < 1.29 is 9.47 Å². The van der Waals surface area contributed by atoms with Crippen LogP contribution in [0.25, 0.3) is 10.9 Å². The maximum Gasteiger partial charge on any atom is 0.253 e. The van der Waals surface area contributed by atoms with E-state index in [-0.39, 0.29) is 11.7 Å². The number of nitrogens with zero attached hydrogens (tertiary/aromatic N) is 1. The Morgan fingerprint density at radius 3 is 2.90 bits per heavy atom. The van der Waals surface area contributed by atoms with Gasteiger partial charge in [-0.15, -0.1) is 0 Å². The summed E-state index contributed by atoms with van der Waals surface area (Å²) in [5, 5.41) is 4.83. The van der Waals surface area contributed by atoms with E-state index in [0.29, 0.717) is 29.5 Å². The molecule has 1 aliphatic heterocycles. The summed E-state index contributed by atoms with van der Waals surface area (Å²) in [7, 11) is 1.63. The SMILES string of the molecule is COc1ccccc1NC(=S)N(Cc1cc2cccc(C)c2[nH]c1=O)CC1CCCO1. The number of methoxy groups -OCH3 is 1. The monoisotopic (exact) mass is 437 g/mol. The van der Waals surface area contributed by atoms with Gasteiger partial charge in [-0.1, -0.05) is 30.3 Å². The van der Waals surface area contributed by atoms with E-state index in [9.17, 15) is 4.79 Å². The zero-order valence-corrected chi connectivity index (χ0v) is 18.6. The fraction of sp³-hybridized carbons (Fsp3) is 0.333. The van der Waals surface area contributed by atoms with Gasteiger partial charge >= 0.3 is 0 Å². The Balaban J connectivity index is 1.62. The van der Waals surface area contributed by atoms with Crippen LogP contribution in [0.4, 0.5) is 5.69 Å². The molecule has 162 valence electrons. The Kier molecular flexibility index (Phi) is 6.53. The minimum Gasteiger partial charge on any atom is -0.495 e. The Hall–Kier alpha value is -2.90. The number of H-pyrrole nitrogens is 1. The summed E-state index contributed by atoms with van der Waals surface area (Å²) in [5.41, 5.74) is 3.28. The molecule has 1 unspecified atom stereocenters. The molecule has 1 aliphatic rings. The number of hydrogen-bond acceptors (Lipinski definition) is 4. The first-order chi connectivity index (χ1) is 15.0. The number of rotatable bonds is 6. The van der Waals surface area contributed by atoms with Gasteiger partial charge in [0.05, 0.1) is 31.0 Å². The lowest BCUT2D eigenvalue weighted by atomic mass is 10.1. The minimum absolute atomic E-state index is 0.0965. The van der Waals surface area contributed by atoms with Crippen LogP contribution in [0, 0.1) is 6.92 Å². The van der Waals surface area contributed by atoms with E-state index in [4.69, 9.17) is 21.7 Å². The Morgan fingerprint density at radius 1 is 1.29 bits per heavy atom. The fourth-order valence-corrected chi connectivity index (χ4v) is 4.20. The molecule has 0 saturated carbocycles. The maximum absolute atomic E-state index is 12.8. The smallest absolute Gasteiger partial charge is 0.253 e. The zero-order chi connectivity index (χ0) is 21.8. The van der Waals surface area contributed by atoms with Crippen LogP contribution in [0.15, 0.2) is 53.3 Å². The van der Waals surface area contributed by atoms with E-state index in [0.717, 1.165) is 41.6 Å². The van der Waals surface area contributed by atoms with E-state index >= 15 is 0 Å². The molecule has 0 aliphatic carbocycles. The predicted molar refractivity (Wildman–Crippen MR) is 128 cm³/mol. The lowest BCUT2D eigenvalue weighted by Crippen LogP contribution is -2.40. The standard InChI is InChI=1S/C24H27N3O3S/c1-16-7-5-8-17-13-18(23(28)26-22(16)17)14-27(15-19-9-6-12-30-19)24(31)25-20-10-3-4-11-21(20)29-2/h3-5,7-8,10-11,13,19H,6,9,12,14-15H2,1-2H3,(H,25,31)(H,26,28). The van der Waals surface area contributed by atoms with Crippen LogP contribution in [0.2, 0.25) is 0 Å². The lowest BCUT2D eigenvalue weighted by molar-refractivity contribution is 0.0904. The van der Waals surface area contributed by atoms with E-state index in [1.54, 1.807) is 7.11 Å². The Morgan fingerprint density at radius 2 is 2.13 bits per heavy atom. The topological polar surface area (TPSA) is 66.6 Å². The van der Waals surface area contributed by atoms with Crippen molar-refractivity contribution in [2.24, 2.45) is 0 Å². The highest BCUT2D eigenvalue weighted by Crippen LogP contribution is 2.24. The molecule has 0 radical (unpaired) electrons. The van der Waals surface area contributed by atoms with Crippen molar-refractivity contribution in [3.8, 4) is 5.75 Å². The molecule has 1 atom stereocenters. The third kappa shape index (κ3) is 4.89. The van der Waals surface area contributed by atoms with Crippen molar-refractivity contribution in [1.29, 1.82) is 0 Å². The molecule has 4 rings (SSSR count). The number of aryl methyl sites for hydroxylation is 1. The number of para-hydroxylation sites is 3. The molecule has 0 bridgehead atoms. The van der Waals surface area contributed by atoms with Crippen molar-refractivity contribution in [3.63, 3.8) is 0 Å². The summed E-state index contributed by atoms with van der Waals surface area (Å²) in [6.45, 7) is 3.77. The lowest BCUT2D eigenvalue weighted by Gasteiger charge is -2.28. The van der Waals surface area contributed by atoms with Crippen LogP contribution in [0.1, 0.15) is 24.0 Å². The average Bonchev–Trinajstić information content (AvgIpc) is 3.28. The molecule has 2 N–H and O–H groups in total. The summed E-state index contributed by atoms with van der Waals surface area (Å²) in [6.07, 6.45) is 2.13. The second-order valence-electron chi connectivity index (χ2n) is 7.81. The molecular weight excluding hydrogens is 410 g/mol. The second kappa shape index (κ2) is 9.49. The average molecular weight is 438 g/mol. The van der Waals surface area contributed by atoms with Crippen molar-refractivity contribution in [3.05, 3.63) is 70.0 Å². The maximum atomic E-state index is 12.8.